The van der Waals surface area contributed by atoms with Crippen LogP contribution < -0.4 is 11.3 Å². The molecular weight excluding hydrogens is 388 g/mol. The number of anilines is 1. The third kappa shape index (κ3) is 3.74. The van der Waals surface area contributed by atoms with Gasteiger partial charge in [0.05, 0.1) is 5.69 Å². The second-order valence-electron chi connectivity index (χ2n) is 7.06. The van der Waals surface area contributed by atoms with Crippen molar-refractivity contribution >= 4 is 51.4 Å². The number of thiophene rings is 1. The summed E-state index contributed by atoms with van der Waals surface area (Å²) in [6.45, 7) is 6.26. The third-order valence-corrected chi connectivity index (χ3v) is 5.33. The molecule has 2 heterocycles. The lowest BCUT2D eigenvalue weighted by molar-refractivity contribution is 0.0695. The van der Waals surface area contributed by atoms with Crippen molar-refractivity contribution in [2.45, 2.75) is 26.2 Å². The molecule has 0 aliphatic heterocycles. The van der Waals surface area contributed by atoms with Crippen LogP contribution in [0.5, 0.6) is 0 Å². The van der Waals surface area contributed by atoms with Crippen molar-refractivity contribution in [3.05, 3.63) is 62.3 Å². The molecule has 3 aromatic rings. The maximum Gasteiger partial charge on any atom is 0.341 e. The Morgan fingerprint density at radius 1 is 1.15 bits per heavy atom. The van der Waals surface area contributed by atoms with E-state index in [1.54, 1.807) is 12.1 Å². The second-order valence-corrected chi connectivity index (χ2v) is 8.08. The number of aromatic carboxylic acids is 1. The molecule has 6 nitrogen and oxygen atoms in total. The predicted octanol–water partition coefficient (Wildman–Crippen LogP) is 3.82. The van der Waals surface area contributed by atoms with E-state index in [-0.39, 0.29) is 34.2 Å². The van der Waals surface area contributed by atoms with Gasteiger partial charge in [-0.05, 0) is 17.0 Å². The molecule has 8 heteroatoms. The molecule has 0 atom stereocenters. The van der Waals surface area contributed by atoms with Gasteiger partial charge in [0.2, 0.25) is 5.78 Å². The van der Waals surface area contributed by atoms with Crippen molar-refractivity contribution in [2.24, 2.45) is 0 Å². The van der Waals surface area contributed by atoms with Crippen LogP contribution >= 0.6 is 23.7 Å². The van der Waals surface area contributed by atoms with E-state index in [4.69, 9.17) is 10.8 Å². The number of rotatable bonds is 3. The number of carboxylic acid groups (broad SMARTS) is 1. The molecule has 4 N–H and O–H groups in total. The molecule has 1 aromatic carbocycles. The highest BCUT2D eigenvalue weighted by Crippen LogP contribution is 2.34. The summed E-state index contributed by atoms with van der Waals surface area (Å²) >= 11 is 1.05. The van der Waals surface area contributed by atoms with Gasteiger partial charge in [-0.15, -0.1) is 23.7 Å². The van der Waals surface area contributed by atoms with Gasteiger partial charge < -0.3 is 15.8 Å². The molecule has 0 fully saturated rings. The molecule has 0 radical (unpaired) electrons. The monoisotopic (exact) mass is 406 g/mol. The van der Waals surface area contributed by atoms with E-state index < -0.39 is 17.1 Å². The van der Waals surface area contributed by atoms with E-state index in [1.165, 1.54) is 6.07 Å². The standard InChI is InChI=1S/C19H18N2O4S.ClH/c1-19(2,3)10-6-4-9(5-7-10)14(22)15-13(20)11-8-12(18(24)25)16(23)21-17(11)26-15;/h4-8H,20H2,1-3H3,(H,21,23)(H,24,25);1H. The molecule has 0 amide bonds. The van der Waals surface area contributed by atoms with Gasteiger partial charge in [-0.2, -0.15) is 0 Å². The van der Waals surface area contributed by atoms with Crippen LogP contribution in [0, 0.1) is 0 Å². The SMILES string of the molecule is CC(C)(C)c1ccc(C(=O)c2sc3[nH]c(=O)c(C(=O)O)cc3c2N)cc1.Cl. The van der Waals surface area contributed by atoms with Crippen LogP contribution in [0.2, 0.25) is 0 Å². The smallest absolute Gasteiger partial charge is 0.341 e. The number of ketones is 1. The lowest BCUT2D eigenvalue weighted by atomic mass is 9.86. The predicted molar refractivity (Wildman–Crippen MR) is 110 cm³/mol. The van der Waals surface area contributed by atoms with Crippen LogP contribution in [0.1, 0.15) is 51.9 Å². The van der Waals surface area contributed by atoms with Crippen LogP contribution in [0.3, 0.4) is 0 Å². The highest BCUT2D eigenvalue weighted by Gasteiger charge is 2.21. The summed E-state index contributed by atoms with van der Waals surface area (Å²) < 4.78 is 0. The van der Waals surface area contributed by atoms with Crippen LogP contribution in [-0.4, -0.2) is 21.8 Å². The molecule has 0 saturated heterocycles. The quantitative estimate of drug-likeness (QED) is 0.572. The van der Waals surface area contributed by atoms with E-state index in [9.17, 15) is 14.4 Å². The second kappa shape index (κ2) is 7.17. The van der Waals surface area contributed by atoms with Gasteiger partial charge in [-0.25, -0.2) is 4.79 Å². The minimum atomic E-state index is -1.34. The number of aromatic amines is 1. The van der Waals surface area contributed by atoms with E-state index in [0.717, 1.165) is 16.9 Å². The molecule has 0 spiro atoms. The first-order chi connectivity index (χ1) is 12.1. The fourth-order valence-corrected chi connectivity index (χ4v) is 3.71. The maximum absolute atomic E-state index is 12.8. The molecular formula is C19H19ClN2O4S. The molecule has 0 aliphatic carbocycles. The van der Waals surface area contributed by atoms with Crippen molar-refractivity contribution in [3.63, 3.8) is 0 Å². The Kier molecular flexibility index (Phi) is 5.49. The first-order valence-electron chi connectivity index (χ1n) is 7.93. The number of nitrogen functional groups attached to an aromatic ring is 1. The van der Waals surface area contributed by atoms with Crippen molar-refractivity contribution in [3.8, 4) is 0 Å². The zero-order valence-corrected chi connectivity index (χ0v) is 16.6. The minimum Gasteiger partial charge on any atom is -0.477 e. The van der Waals surface area contributed by atoms with Gasteiger partial charge in [0.1, 0.15) is 15.3 Å². The summed E-state index contributed by atoms with van der Waals surface area (Å²) in [7, 11) is 0. The summed E-state index contributed by atoms with van der Waals surface area (Å²) in [6.07, 6.45) is 0. The van der Waals surface area contributed by atoms with E-state index in [2.05, 4.69) is 25.8 Å². The number of benzene rings is 1. The van der Waals surface area contributed by atoms with E-state index >= 15 is 0 Å². The molecule has 0 unspecified atom stereocenters. The zero-order valence-electron chi connectivity index (χ0n) is 15.0. The average Bonchev–Trinajstić information content (AvgIpc) is 2.88. The highest BCUT2D eigenvalue weighted by atomic mass is 35.5. The van der Waals surface area contributed by atoms with Crippen molar-refractivity contribution in [2.75, 3.05) is 5.73 Å². The van der Waals surface area contributed by atoms with Crippen molar-refractivity contribution < 1.29 is 14.7 Å². The largest absolute Gasteiger partial charge is 0.477 e. The average molecular weight is 407 g/mol. The maximum atomic E-state index is 12.8. The number of aromatic nitrogens is 1. The van der Waals surface area contributed by atoms with Gasteiger partial charge in [0.15, 0.2) is 0 Å². The topological polar surface area (TPSA) is 113 Å². The summed E-state index contributed by atoms with van der Waals surface area (Å²) in [4.78, 5) is 38.9. The van der Waals surface area contributed by atoms with Crippen molar-refractivity contribution in [1.29, 1.82) is 0 Å². The van der Waals surface area contributed by atoms with Crippen LogP contribution in [0.4, 0.5) is 5.69 Å². The van der Waals surface area contributed by atoms with Crippen LogP contribution in [-0.2, 0) is 5.41 Å². The lowest BCUT2D eigenvalue weighted by Crippen LogP contribution is -2.16. The summed E-state index contributed by atoms with van der Waals surface area (Å²) in [5.41, 5.74) is 6.68. The summed E-state index contributed by atoms with van der Waals surface area (Å²) in [5.74, 6) is -1.61. The first kappa shape index (κ1) is 20.7. The number of halogens is 1. The Hall–Kier alpha value is -2.64. The van der Waals surface area contributed by atoms with E-state index in [1.807, 2.05) is 12.1 Å². The molecule has 2 aromatic heterocycles. The number of carbonyl (C=O) groups is 2. The number of pyridine rings is 1. The molecule has 27 heavy (non-hydrogen) atoms. The Morgan fingerprint density at radius 2 is 1.74 bits per heavy atom. The number of nitrogens with one attached hydrogen (secondary N) is 1. The number of carbonyl (C=O) groups excluding carboxylic acids is 1. The Bertz CT molecular complexity index is 1090. The fourth-order valence-electron chi connectivity index (χ4n) is 2.65. The van der Waals surface area contributed by atoms with Gasteiger partial charge in [-0.1, -0.05) is 45.0 Å². The number of carboxylic acids is 1. The lowest BCUT2D eigenvalue weighted by Gasteiger charge is -2.18. The van der Waals surface area contributed by atoms with E-state index in [0.29, 0.717) is 15.8 Å². The van der Waals surface area contributed by atoms with Crippen LogP contribution in [0.25, 0.3) is 10.2 Å². The zero-order chi connectivity index (χ0) is 19.2. The molecule has 142 valence electrons. The molecule has 0 aliphatic rings. The number of hydrogen-bond acceptors (Lipinski definition) is 5. The van der Waals surface area contributed by atoms with Crippen LogP contribution in [0.15, 0.2) is 35.1 Å². The van der Waals surface area contributed by atoms with Gasteiger partial charge in [0, 0.05) is 10.9 Å². The Labute approximate surface area is 165 Å². The number of H-pyrrole nitrogens is 1. The van der Waals surface area contributed by atoms with Gasteiger partial charge in [-0.3, -0.25) is 9.59 Å². The third-order valence-electron chi connectivity index (χ3n) is 4.19. The van der Waals surface area contributed by atoms with Gasteiger partial charge >= 0.3 is 5.97 Å². The van der Waals surface area contributed by atoms with Crippen molar-refractivity contribution in [1.82, 2.24) is 4.98 Å². The number of nitrogens with two attached hydrogens (primary N) is 1. The number of hydrogen-bond donors (Lipinski definition) is 3. The van der Waals surface area contributed by atoms with Gasteiger partial charge in [0.25, 0.3) is 5.56 Å². The number of fused-ring (bicyclic) bond motifs is 1. The first-order valence-corrected chi connectivity index (χ1v) is 8.75. The highest BCUT2D eigenvalue weighted by molar-refractivity contribution is 7.21. The molecule has 0 bridgehead atoms. The normalized spacial score (nSPS) is 11.2. The summed E-state index contributed by atoms with van der Waals surface area (Å²) in [6, 6.07) is 8.51. The molecule has 3 rings (SSSR count). The fraction of sp³-hybridized carbons (Fsp3) is 0.211. The minimum absolute atomic E-state index is 0. The molecule has 0 saturated carbocycles. The summed E-state index contributed by atoms with van der Waals surface area (Å²) in [5, 5.41) is 9.44. The Balaban J connectivity index is 0.00000261. The Morgan fingerprint density at radius 3 is 2.26 bits per heavy atom.